The molecule has 3 aromatic rings. The van der Waals surface area contributed by atoms with Gasteiger partial charge in [0.1, 0.15) is 11.4 Å². The van der Waals surface area contributed by atoms with Crippen LogP contribution in [0.25, 0.3) is 5.69 Å². The standard InChI is InChI=1S/C28H33ClN4O4/c1-28(2,3)37-27(35)32-15-13-19(14-16-32)25-23(18-31-33(25)22-11-9-21(29)10-12-22)26(34)30-17-20-7-5-6-8-24(20)36-4/h5-12,18-19H,13-17H2,1-4H3,(H,30,34). The van der Waals surface area contributed by atoms with Gasteiger partial charge in [0.15, 0.2) is 0 Å². The van der Waals surface area contributed by atoms with Crippen LogP contribution in [-0.4, -0.2) is 52.5 Å². The third-order valence-electron chi connectivity index (χ3n) is 6.29. The molecule has 0 bridgehead atoms. The molecule has 1 aliphatic heterocycles. The van der Waals surface area contributed by atoms with E-state index in [-0.39, 0.29) is 17.9 Å². The summed E-state index contributed by atoms with van der Waals surface area (Å²) >= 11 is 6.11. The molecule has 196 valence electrons. The van der Waals surface area contributed by atoms with Crippen LogP contribution in [0.15, 0.2) is 54.7 Å². The zero-order valence-electron chi connectivity index (χ0n) is 21.7. The van der Waals surface area contributed by atoms with Gasteiger partial charge in [0.2, 0.25) is 0 Å². The van der Waals surface area contributed by atoms with E-state index >= 15 is 0 Å². The van der Waals surface area contributed by atoms with E-state index in [4.69, 9.17) is 21.1 Å². The van der Waals surface area contributed by atoms with E-state index in [1.807, 2.05) is 61.9 Å². The van der Waals surface area contributed by atoms with E-state index in [9.17, 15) is 9.59 Å². The second-order valence-electron chi connectivity index (χ2n) is 10.1. The van der Waals surface area contributed by atoms with Gasteiger partial charge in [-0.05, 0) is 63.9 Å². The molecule has 37 heavy (non-hydrogen) atoms. The Bertz CT molecular complexity index is 1240. The minimum Gasteiger partial charge on any atom is -0.496 e. The fraction of sp³-hybridized carbons (Fsp3) is 0.393. The highest BCUT2D eigenvalue weighted by Crippen LogP contribution is 2.33. The number of amides is 2. The van der Waals surface area contributed by atoms with E-state index in [1.165, 1.54) is 0 Å². The lowest BCUT2D eigenvalue weighted by atomic mass is 9.91. The molecule has 0 aliphatic carbocycles. The summed E-state index contributed by atoms with van der Waals surface area (Å²) in [6.45, 7) is 6.97. The number of methoxy groups -OCH3 is 1. The molecule has 0 spiro atoms. The van der Waals surface area contributed by atoms with Crippen LogP contribution < -0.4 is 10.1 Å². The van der Waals surface area contributed by atoms with Crippen molar-refractivity contribution in [3.63, 3.8) is 0 Å². The summed E-state index contributed by atoms with van der Waals surface area (Å²) in [5.41, 5.74) is 2.49. The molecule has 1 aliphatic rings. The Balaban J connectivity index is 1.57. The lowest BCUT2D eigenvalue weighted by Gasteiger charge is -2.34. The van der Waals surface area contributed by atoms with Gasteiger partial charge in [0, 0.05) is 36.1 Å². The number of benzene rings is 2. The number of hydrogen-bond acceptors (Lipinski definition) is 5. The van der Waals surface area contributed by atoms with E-state index in [1.54, 1.807) is 30.3 Å². The summed E-state index contributed by atoms with van der Waals surface area (Å²) < 4.78 is 12.8. The van der Waals surface area contributed by atoms with Crippen molar-refractivity contribution in [3.8, 4) is 11.4 Å². The van der Waals surface area contributed by atoms with Crippen LogP contribution in [0.1, 0.15) is 61.1 Å². The maximum Gasteiger partial charge on any atom is 0.410 e. The van der Waals surface area contributed by atoms with Gasteiger partial charge in [-0.15, -0.1) is 0 Å². The Morgan fingerprint density at radius 1 is 1.08 bits per heavy atom. The number of halogens is 1. The zero-order chi connectivity index (χ0) is 26.6. The predicted molar refractivity (Wildman–Crippen MR) is 143 cm³/mol. The van der Waals surface area contributed by atoms with Crippen molar-refractivity contribution in [2.45, 2.75) is 51.7 Å². The lowest BCUT2D eigenvalue weighted by molar-refractivity contribution is 0.0203. The second kappa shape index (κ2) is 11.3. The molecular weight excluding hydrogens is 492 g/mol. The first-order valence-electron chi connectivity index (χ1n) is 12.4. The number of aromatic nitrogens is 2. The lowest BCUT2D eigenvalue weighted by Crippen LogP contribution is -2.41. The molecule has 1 fully saturated rings. The largest absolute Gasteiger partial charge is 0.496 e. The first-order valence-corrected chi connectivity index (χ1v) is 12.8. The highest BCUT2D eigenvalue weighted by atomic mass is 35.5. The summed E-state index contributed by atoms with van der Waals surface area (Å²) in [6.07, 6.45) is 2.67. The Morgan fingerprint density at radius 3 is 2.41 bits per heavy atom. The van der Waals surface area contributed by atoms with Gasteiger partial charge < -0.3 is 19.7 Å². The summed E-state index contributed by atoms with van der Waals surface area (Å²) in [4.78, 5) is 27.7. The Morgan fingerprint density at radius 2 is 1.76 bits per heavy atom. The third kappa shape index (κ3) is 6.43. The zero-order valence-corrected chi connectivity index (χ0v) is 22.4. The minimum atomic E-state index is -0.548. The average Bonchev–Trinajstić information content (AvgIpc) is 3.32. The normalized spacial score (nSPS) is 14.4. The van der Waals surface area contributed by atoms with Crippen LogP contribution in [-0.2, 0) is 11.3 Å². The summed E-state index contributed by atoms with van der Waals surface area (Å²) in [5.74, 6) is 0.536. The van der Waals surface area contributed by atoms with E-state index in [2.05, 4.69) is 10.4 Å². The van der Waals surface area contributed by atoms with Gasteiger partial charge in [-0.3, -0.25) is 4.79 Å². The molecule has 2 amide bonds. The Kier molecular flexibility index (Phi) is 8.07. The van der Waals surface area contributed by atoms with E-state index < -0.39 is 5.60 Å². The van der Waals surface area contributed by atoms with Crippen molar-refractivity contribution in [1.29, 1.82) is 0 Å². The van der Waals surface area contributed by atoms with Gasteiger partial charge in [0.05, 0.1) is 30.3 Å². The molecule has 1 aromatic heterocycles. The van der Waals surface area contributed by atoms with Crippen LogP contribution in [0.5, 0.6) is 5.75 Å². The molecule has 0 radical (unpaired) electrons. The number of carbonyl (C=O) groups is 2. The molecule has 1 N–H and O–H groups in total. The Labute approximate surface area is 222 Å². The number of hydrogen-bond donors (Lipinski definition) is 1. The average molecular weight is 525 g/mol. The molecule has 0 saturated carbocycles. The van der Waals surface area contributed by atoms with Crippen molar-refractivity contribution >= 4 is 23.6 Å². The molecule has 1 saturated heterocycles. The monoisotopic (exact) mass is 524 g/mol. The molecule has 8 nitrogen and oxygen atoms in total. The molecule has 2 aromatic carbocycles. The van der Waals surface area contributed by atoms with E-state index in [0.717, 1.165) is 22.7 Å². The highest BCUT2D eigenvalue weighted by Gasteiger charge is 2.32. The first kappa shape index (κ1) is 26.5. The quantitative estimate of drug-likeness (QED) is 0.455. The Hall–Kier alpha value is -3.52. The van der Waals surface area contributed by atoms with Gasteiger partial charge in [-0.1, -0.05) is 29.8 Å². The van der Waals surface area contributed by atoms with Crippen LogP contribution in [0, 0.1) is 0 Å². The van der Waals surface area contributed by atoms with Gasteiger partial charge in [-0.25, -0.2) is 9.48 Å². The van der Waals surface area contributed by atoms with Crippen molar-refractivity contribution in [2.75, 3.05) is 20.2 Å². The SMILES string of the molecule is COc1ccccc1CNC(=O)c1cnn(-c2ccc(Cl)cc2)c1C1CCN(C(=O)OC(C)(C)C)CC1. The minimum absolute atomic E-state index is 0.0314. The maximum absolute atomic E-state index is 13.4. The van der Waals surface area contributed by atoms with Gasteiger partial charge >= 0.3 is 6.09 Å². The van der Waals surface area contributed by atoms with E-state index in [0.29, 0.717) is 43.1 Å². The number of nitrogens with zero attached hydrogens (tertiary/aromatic N) is 3. The number of para-hydroxylation sites is 1. The van der Waals surface area contributed by atoms with Crippen molar-refractivity contribution in [2.24, 2.45) is 0 Å². The number of likely N-dealkylation sites (tertiary alicyclic amines) is 1. The number of rotatable bonds is 6. The summed E-state index contributed by atoms with van der Waals surface area (Å²) in [6, 6.07) is 14.9. The summed E-state index contributed by atoms with van der Waals surface area (Å²) in [7, 11) is 1.61. The maximum atomic E-state index is 13.4. The number of carbonyl (C=O) groups excluding carboxylic acids is 2. The molecular formula is C28H33ClN4O4. The fourth-order valence-electron chi connectivity index (χ4n) is 4.50. The molecule has 2 heterocycles. The van der Waals surface area contributed by atoms with Crippen LogP contribution in [0.4, 0.5) is 4.79 Å². The van der Waals surface area contributed by atoms with Gasteiger partial charge in [-0.2, -0.15) is 5.10 Å². The topological polar surface area (TPSA) is 85.7 Å². The number of nitrogens with one attached hydrogen (secondary N) is 1. The second-order valence-corrected chi connectivity index (χ2v) is 10.5. The van der Waals surface area contributed by atoms with Crippen molar-refractivity contribution < 1.29 is 19.1 Å². The van der Waals surface area contributed by atoms with Crippen LogP contribution in [0.3, 0.4) is 0 Å². The van der Waals surface area contributed by atoms with Crippen LogP contribution in [0.2, 0.25) is 5.02 Å². The molecule has 9 heteroatoms. The van der Waals surface area contributed by atoms with Crippen molar-refractivity contribution in [1.82, 2.24) is 20.0 Å². The smallest absolute Gasteiger partial charge is 0.410 e. The van der Waals surface area contributed by atoms with Crippen molar-refractivity contribution in [3.05, 3.63) is 76.6 Å². The fourth-order valence-corrected chi connectivity index (χ4v) is 4.62. The predicted octanol–water partition coefficient (Wildman–Crippen LogP) is 5.58. The number of ether oxygens (including phenoxy) is 2. The molecule has 4 rings (SSSR count). The third-order valence-corrected chi connectivity index (χ3v) is 6.54. The van der Waals surface area contributed by atoms with Crippen LogP contribution >= 0.6 is 11.6 Å². The summed E-state index contributed by atoms with van der Waals surface area (Å²) in [5, 5.41) is 8.23. The number of piperidine rings is 1. The molecule has 0 unspecified atom stereocenters. The van der Waals surface area contributed by atoms with Gasteiger partial charge in [0.25, 0.3) is 5.91 Å². The molecule has 0 atom stereocenters. The highest BCUT2D eigenvalue weighted by molar-refractivity contribution is 6.30. The first-order chi connectivity index (χ1) is 17.7.